The Morgan fingerprint density at radius 1 is 0.361 bits per heavy atom. The highest BCUT2D eigenvalue weighted by Gasteiger charge is 2.63. The average molecular weight is 1750 g/mol. The summed E-state index contributed by atoms with van der Waals surface area (Å²) in [4.78, 5) is 63.9. The van der Waals surface area contributed by atoms with Gasteiger partial charge in [0.05, 0.1) is 71.6 Å². The zero-order chi connectivity index (χ0) is 88.0. The number of ether oxygens (including phenoxy) is 17. The van der Waals surface area contributed by atoms with E-state index in [9.17, 15) is 167 Å². The fourth-order valence-electron chi connectivity index (χ4n) is 15.2. The van der Waals surface area contributed by atoms with E-state index in [4.69, 9.17) is 80.5 Å². The number of rotatable bonds is 33. The minimum Gasteiger partial charge on any atom is -0.477 e. The van der Waals surface area contributed by atoms with Crippen LogP contribution < -0.4 is 21.3 Å². The smallest absolute Gasteiger partial charge is 0.364 e. The number of aliphatic carboxylic acids is 1. The first kappa shape index (κ1) is 98.4. The maximum atomic E-state index is 13.3. The van der Waals surface area contributed by atoms with Crippen molar-refractivity contribution in [3.8, 4) is 0 Å². The second-order valence-electron chi connectivity index (χ2n) is 29.6. The van der Waals surface area contributed by atoms with E-state index in [1.807, 2.05) is 0 Å². The number of amides is 4. The largest absolute Gasteiger partial charge is 0.477 e. The lowest BCUT2D eigenvalue weighted by molar-refractivity contribution is -0.400. The van der Waals surface area contributed by atoms with Crippen LogP contribution in [0.5, 0.6) is 0 Å². The first-order chi connectivity index (χ1) is 56.2. The zero-order valence-corrected chi connectivity index (χ0v) is 63.3. The van der Waals surface area contributed by atoms with Crippen molar-refractivity contribution < 1.29 is 247 Å². The Bertz CT molecular complexity index is 3230. The lowest BCUT2D eigenvalue weighted by atomic mass is 9.88. The van der Waals surface area contributed by atoms with Gasteiger partial charge in [0.2, 0.25) is 23.6 Å². The fraction of sp³-hybridized carbons (Fsp3) is 0.923. The molecule has 0 aromatic heterocycles. The summed E-state index contributed by atoms with van der Waals surface area (Å²) in [6, 6.07) is -7.63. The Labute approximate surface area is 671 Å². The molecule has 0 aromatic rings. The molecule has 54 heteroatoms. The third kappa shape index (κ3) is 21.7. The number of carbonyl (C=O) groups excluding carboxylic acids is 4. The second-order valence-corrected chi connectivity index (χ2v) is 29.6. The van der Waals surface area contributed by atoms with Gasteiger partial charge in [-0.1, -0.05) is 0 Å². The maximum Gasteiger partial charge on any atom is 0.364 e. The van der Waals surface area contributed by atoms with Gasteiger partial charge in [0.25, 0.3) is 5.79 Å². The predicted molar refractivity (Wildman–Crippen MR) is 362 cm³/mol. The van der Waals surface area contributed by atoms with Crippen LogP contribution in [0.25, 0.3) is 0 Å². The molecule has 0 unspecified atom stereocenters. The first-order valence-electron chi connectivity index (χ1n) is 37.4. The summed E-state index contributed by atoms with van der Waals surface area (Å²) in [5.41, 5.74) is 0. The highest BCUT2D eigenvalue weighted by molar-refractivity contribution is 5.78. The molecule has 0 spiro atoms. The summed E-state index contributed by atoms with van der Waals surface area (Å²) < 4.78 is 99.5. The Morgan fingerprint density at radius 2 is 0.723 bits per heavy atom. The van der Waals surface area contributed by atoms with Gasteiger partial charge in [-0.05, 0) is 0 Å². The highest BCUT2D eigenvalue weighted by Crippen LogP contribution is 2.42. The molecule has 9 aliphatic rings. The van der Waals surface area contributed by atoms with Crippen molar-refractivity contribution in [1.29, 1.82) is 0 Å². The molecule has 0 aromatic carbocycles. The number of nitrogens with one attached hydrogen (secondary N) is 4. The van der Waals surface area contributed by atoms with Gasteiger partial charge in [-0.25, -0.2) is 4.79 Å². The minimum atomic E-state index is -3.37. The highest BCUT2D eigenvalue weighted by atomic mass is 16.8. The summed E-state index contributed by atoms with van der Waals surface area (Å²) in [5.74, 6) is -9.63. The molecule has 0 bridgehead atoms. The first-order valence-corrected chi connectivity index (χ1v) is 37.4. The van der Waals surface area contributed by atoms with Crippen molar-refractivity contribution in [2.75, 3.05) is 66.1 Å². The Balaban J connectivity index is 1.02. The molecule has 9 aliphatic heterocycles. The van der Waals surface area contributed by atoms with E-state index in [2.05, 4.69) is 21.3 Å². The summed E-state index contributed by atoms with van der Waals surface area (Å²) in [6.45, 7) is -8.99. The molecule has 9 saturated heterocycles. The van der Waals surface area contributed by atoms with Crippen LogP contribution in [0.4, 0.5) is 0 Å². The van der Waals surface area contributed by atoms with Crippen LogP contribution >= 0.6 is 0 Å². The topological polar surface area (TPSA) is 857 Å². The van der Waals surface area contributed by atoms with E-state index in [0.717, 1.165) is 20.8 Å². The lowest BCUT2D eigenvalue weighted by Crippen LogP contribution is -2.71. The molecule has 0 radical (unpaired) electrons. The minimum absolute atomic E-state index is 0.798. The van der Waals surface area contributed by atoms with Gasteiger partial charge < -0.3 is 245 Å². The summed E-state index contributed by atoms with van der Waals surface area (Å²) in [5, 5.41) is 319. The van der Waals surface area contributed by atoms with Gasteiger partial charge in [0.15, 0.2) is 50.3 Å². The molecular formula is C65H108N4O50. The van der Waals surface area contributed by atoms with E-state index in [0.29, 0.717) is 0 Å². The van der Waals surface area contributed by atoms with Crippen LogP contribution in [0.15, 0.2) is 0 Å². The number of hydrogen-bond donors (Lipinski definition) is 32. The van der Waals surface area contributed by atoms with Crippen LogP contribution in [0.3, 0.4) is 0 Å². The third-order valence-corrected chi connectivity index (χ3v) is 21.4. The molecule has 119 heavy (non-hydrogen) atoms. The van der Waals surface area contributed by atoms with Crippen molar-refractivity contribution in [3.63, 3.8) is 0 Å². The van der Waals surface area contributed by atoms with Gasteiger partial charge in [0, 0.05) is 27.2 Å². The van der Waals surface area contributed by atoms with Crippen LogP contribution in [0.1, 0.15) is 27.2 Å². The third-order valence-electron chi connectivity index (χ3n) is 21.4. The molecule has 9 fully saturated rings. The number of carboxylic acids is 1. The summed E-state index contributed by atoms with van der Waals surface area (Å²) in [6.07, 6.45) is -91.2. The number of aliphatic hydroxyl groups excluding tert-OH is 27. The SMILES string of the molecule is CC(=O)N[C@@H]1[C@@H](O)[C@H](O[C@@H]2O[C@H](CO)[C@@H](O[C@@H]3O[C@H](CO[C@H]4O[C@H](CO)[C@@H](O)[C@H](O[C@H]5O[C@H](CO)[C@@H](O)[C@H](O)[C@@H]5O)[C@@H]4O)[C@@H](O)[C@H](O[C@H]4O[C@H](CO)[C@@H](O)[C@H](O)[C@@H]4O[C@@H]4O[C@H](CO)[C@@H](O[C@@H]5O[C@H](CO)[C@H](O)[C@H](O[C@]6(C(=O)O)C[C@H](O)[C@@H](NC(=O)CO)[C@H]([C@H](O)[C@H](O)CO)O6)[C@H]5O)[C@H](O)[C@H]4NC(C)=O)[C@@H]3O)[C@H](O)[C@H]2NC(C)=O)[C@@H](CO)O[C@H]1O. The van der Waals surface area contributed by atoms with Gasteiger partial charge in [0.1, 0.15) is 220 Å². The maximum absolute atomic E-state index is 13.3. The van der Waals surface area contributed by atoms with Gasteiger partial charge >= 0.3 is 5.97 Å². The molecule has 54 nitrogen and oxygen atoms in total. The lowest BCUT2D eigenvalue weighted by Gasteiger charge is -2.51. The number of aliphatic hydroxyl groups is 27. The zero-order valence-electron chi connectivity index (χ0n) is 63.3. The standard InChI is InChI=1S/C65H108N4O50/c1-15(79)66-30-39(91)48(24(10-75)104-56(30)100)112-57-31(67-16(2)80)40(92)49(25(11-76)109-57)113-61-46(98)53(38(90)27(111-61)14-103-59-45(97)52(36(88)22(8-73)105-59)115-60-44(96)42(94)34(86)20(6-71)106-60)116-63-55(43(95)35(87)21(7-72)108-63)117-58-32(68-17(3)81)41(93)50(26(12-77)110-58)114-62-47(99)54(37(89)23(9-74)107-62)119-65(64(101)102)4-18(82)29(69-28(84)13-78)51(118-65)33(85)19(83)5-70/h18-27,29-63,70-78,82-83,85-100H,4-14H2,1-3H3,(H,66,79)(H,67,80)(H,68,81)(H,69,84)(H,101,102)/t18-,19+,20+,21+,22+,23+,24+,25+,26+,27+,29+,30+,31+,32+,33+,34+,35+,36+,37-,38+,39+,40+,41+,42-,43-,44-,45-,46-,47+,48+,49+,50+,51+,52-,53-,54-,55-,56+,57-,58-,59-,60+,61-,62-,63+,65-/m0/s1. The van der Waals surface area contributed by atoms with Crippen LogP contribution in [0, 0.1) is 0 Å². The van der Waals surface area contributed by atoms with Crippen molar-refractivity contribution in [2.45, 2.75) is 309 Å². The number of carbonyl (C=O) groups is 5. The van der Waals surface area contributed by atoms with E-state index in [1.54, 1.807) is 0 Å². The molecule has 9 heterocycles. The Hall–Kier alpha value is -4.41. The Morgan fingerprint density at radius 3 is 1.19 bits per heavy atom. The molecule has 4 amide bonds. The Kier molecular flexibility index (Phi) is 35.3. The predicted octanol–water partition coefficient (Wildman–Crippen LogP) is -21.9. The van der Waals surface area contributed by atoms with Crippen molar-refractivity contribution >= 4 is 29.6 Å². The van der Waals surface area contributed by atoms with Crippen LogP contribution in [-0.4, -0.2) is 520 Å². The van der Waals surface area contributed by atoms with Crippen LogP contribution in [0.2, 0.25) is 0 Å². The van der Waals surface area contributed by atoms with Crippen LogP contribution in [-0.2, 0) is 104 Å². The normalized spacial score (nSPS) is 47.3. The van der Waals surface area contributed by atoms with Crippen molar-refractivity contribution in [1.82, 2.24) is 21.3 Å². The van der Waals surface area contributed by atoms with Crippen molar-refractivity contribution in [3.05, 3.63) is 0 Å². The fourth-order valence-corrected chi connectivity index (χ4v) is 15.2. The molecule has 32 N–H and O–H groups in total. The number of hydrogen-bond acceptors (Lipinski definition) is 49. The van der Waals surface area contributed by atoms with E-state index < -0.39 is 384 Å². The van der Waals surface area contributed by atoms with Gasteiger partial charge in [-0.2, -0.15) is 0 Å². The molecule has 688 valence electrons. The molecule has 9 rings (SSSR count). The van der Waals surface area contributed by atoms with E-state index >= 15 is 0 Å². The average Bonchev–Trinajstić information content (AvgIpc) is 0.752. The monoisotopic (exact) mass is 1740 g/mol. The van der Waals surface area contributed by atoms with Crippen molar-refractivity contribution in [2.24, 2.45) is 0 Å². The van der Waals surface area contributed by atoms with Gasteiger partial charge in [-0.3, -0.25) is 19.2 Å². The van der Waals surface area contributed by atoms with E-state index in [1.165, 1.54) is 0 Å². The molecule has 46 atom stereocenters. The van der Waals surface area contributed by atoms with Gasteiger partial charge in [-0.15, -0.1) is 0 Å². The summed E-state index contributed by atoms with van der Waals surface area (Å²) in [7, 11) is 0. The molecular weight excluding hydrogens is 1640 g/mol. The number of carboxylic acid groups (broad SMARTS) is 1. The molecule has 0 saturated carbocycles. The summed E-state index contributed by atoms with van der Waals surface area (Å²) >= 11 is 0. The quantitative estimate of drug-likeness (QED) is 0.0290. The molecule has 0 aliphatic carbocycles. The second kappa shape index (κ2) is 42.7. The van der Waals surface area contributed by atoms with E-state index in [-0.39, 0.29) is 0 Å².